The van der Waals surface area contributed by atoms with Gasteiger partial charge in [0.25, 0.3) is 0 Å². The van der Waals surface area contributed by atoms with Crippen molar-refractivity contribution in [2.75, 3.05) is 0 Å². The molecule has 0 saturated carbocycles. The van der Waals surface area contributed by atoms with Crippen LogP contribution in [0.4, 0.5) is 0 Å². The largest absolute Gasteiger partial charge is 0.489 e. The predicted octanol–water partition coefficient (Wildman–Crippen LogP) is 3.78. The molecule has 0 radical (unpaired) electrons. The first-order valence-electron chi connectivity index (χ1n) is 8.48. The number of rotatable bonds is 8. The van der Waals surface area contributed by atoms with E-state index in [4.69, 9.17) is 14.4 Å². The van der Waals surface area contributed by atoms with E-state index < -0.39 is 5.76 Å². The molecule has 0 bridgehead atoms. The van der Waals surface area contributed by atoms with Gasteiger partial charge in [-0.25, -0.2) is 4.79 Å². The molecule has 0 aliphatic carbocycles. The molecule has 3 aromatic rings. The van der Waals surface area contributed by atoms with Gasteiger partial charge in [0, 0.05) is 18.5 Å². The van der Waals surface area contributed by atoms with Gasteiger partial charge >= 0.3 is 5.76 Å². The summed E-state index contributed by atoms with van der Waals surface area (Å²) in [5, 5.41) is 12.7. The fourth-order valence-corrected chi connectivity index (χ4v) is 2.46. The molecule has 0 amide bonds. The summed E-state index contributed by atoms with van der Waals surface area (Å²) in [6.45, 7) is 0.939. The smallest absolute Gasteiger partial charge is 0.437 e. The maximum absolute atomic E-state index is 11.8. The van der Waals surface area contributed by atoms with Crippen LogP contribution in [0.3, 0.4) is 0 Å². The Morgan fingerprint density at radius 1 is 1.08 bits per heavy atom. The van der Waals surface area contributed by atoms with Crippen molar-refractivity contribution in [2.24, 2.45) is 0 Å². The van der Waals surface area contributed by atoms with Crippen LogP contribution in [-0.2, 0) is 13.2 Å². The second-order valence-corrected chi connectivity index (χ2v) is 5.81. The summed E-state index contributed by atoms with van der Waals surface area (Å²) in [4.78, 5) is 11.8. The van der Waals surface area contributed by atoms with E-state index in [2.05, 4.69) is 11.2 Å². The minimum Gasteiger partial charge on any atom is -0.489 e. The van der Waals surface area contributed by atoms with Crippen molar-refractivity contribution in [1.82, 2.24) is 9.78 Å². The van der Waals surface area contributed by atoms with E-state index in [1.807, 2.05) is 54.6 Å². The van der Waals surface area contributed by atoms with Crippen LogP contribution >= 0.6 is 0 Å². The minimum absolute atomic E-state index is 0.282. The van der Waals surface area contributed by atoms with Gasteiger partial charge in [0.05, 0.1) is 6.07 Å². The van der Waals surface area contributed by atoms with E-state index in [-0.39, 0.29) is 5.89 Å². The van der Waals surface area contributed by atoms with Gasteiger partial charge in [-0.1, -0.05) is 30.3 Å². The lowest BCUT2D eigenvalue weighted by atomic mass is 10.2. The fourth-order valence-electron chi connectivity index (χ4n) is 2.46. The highest BCUT2D eigenvalue weighted by molar-refractivity contribution is 5.53. The zero-order valence-electron chi connectivity index (χ0n) is 14.3. The Labute approximate surface area is 151 Å². The number of hydrogen-bond acceptors (Lipinski definition) is 5. The molecule has 1 heterocycles. The molecule has 0 spiro atoms. The van der Waals surface area contributed by atoms with E-state index in [0.717, 1.165) is 17.7 Å². The third-order valence-corrected chi connectivity index (χ3v) is 3.86. The van der Waals surface area contributed by atoms with Gasteiger partial charge in [0.15, 0.2) is 0 Å². The highest BCUT2D eigenvalue weighted by Gasteiger charge is 2.10. The molecular weight excluding hydrogens is 330 g/mol. The molecule has 0 unspecified atom stereocenters. The van der Waals surface area contributed by atoms with Crippen LogP contribution in [0.5, 0.6) is 5.75 Å². The topological polar surface area (TPSA) is 81.1 Å². The molecule has 26 heavy (non-hydrogen) atoms. The first-order valence-corrected chi connectivity index (χ1v) is 8.48. The highest BCUT2D eigenvalue weighted by atomic mass is 16.5. The molecule has 3 rings (SSSR count). The Morgan fingerprint density at radius 2 is 1.85 bits per heavy atom. The first kappa shape index (κ1) is 17.5. The summed E-state index contributed by atoms with van der Waals surface area (Å²) in [5.41, 5.74) is 1.81. The van der Waals surface area contributed by atoms with Crippen LogP contribution in [0, 0.1) is 11.3 Å². The van der Waals surface area contributed by atoms with Crippen LogP contribution in [0.15, 0.2) is 63.8 Å². The molecule has 0 N–H and O–H groups in total. The van der Waals surface area contributed by atoms with Crippen LogP contribution in [-0.4, -0.2) is 9.78 Å². The van der Waals surface area contributed by atoms with Crippen molar-refractivity contribution in [2.45, 2.75) is 32.4 Å². The monoisotopic (exact) mass is 349 g/mol. The van der Waals surface area contributed by atoms with E-state index in [1.165, 1.54) is 4.68 Å². The highest BCUT2D eigenvalue weighted by Crippen LogP contribution is 2.20. The second-order valence-electron chi connectivity index (χ2n) is 5.81. The number of aryl methyl sites for hydroxylation is 1. The third kappa shape index (κ3) is 4.61. The number of aromatic nitrogens is 2. The fraction of sp³-hybridized carbons (Fsp3) is 0.250. The van der Waals surface area contributed by atoms with Crippen molar-refractivity contribution < 1.29 is 9.15 Å². The number of benzene rings is 2. The molecule has 1 aromatic heterocycles. The summed E-state index contributed by atoms with van der Waals surface area (Å²) in [5.74, 6) is 0.530. The van der Waals surface area contributed by atoms with Gasteiger partial charge in [0.2, 0.25) is 5.89 Å². The molecular formula is C20H19N3O3. The van der Waals surface area contributed by atoms with E-state index in [1.54, 1.807) is 0 Å². The van der Waals surface area contributed by atoms with E-state index in [9.17, 15) is 4.79 Å². The lowest BCUT2D eigenvalue weighted by Gasteiger charge is -2.06. The van der Waals surface area contributed by atoms with Crippen molar-refractivity contribution in [3.05, 3.63) is 70.7 Å². The lowest BCUT2D eigenvalue weighted by Crippen LogP contribution is -2.15. The second kappa shape index (κ2) is 8.67. The van der Waals surface area contributed by atoms with Gasteiger partial charge in [-0.3, -0.25) is 0 Å². The van der Waals surface area contributed by atoms with E-state index in [0.29, 0.717) is 31.6 Å². The number of hydrogen-bond donors (Lipinski definition) is 0. The third-order valence-electron chi connectivity index (χ3n) is 3.86. The lowest BCUT2D eigenvalue weighted by molar-refractivity contribution is 0.306. The maximum atomic E-state index is 11.8. The normalized spacial score (nSPS) is 10.4. The van der Waals surface area contributed by atoms with Crippen molar-refractivity contribution in [3.8, 4) is 23.3 Å². The minimum atomic E-state index is -0.485. The summed E-state index contributed by atoms with van der Waals surface area (Å²) < 4.78 is 12.3. The molecule has 132 valence electrons. The molecule has 6 nitrogen and oxygen atoms in total. The van der Waals surface area contributed by atoms with Crippen LogP contribution in [0.1, 0.15) is 24.8 Å². The number of nitrogens with zero attached hydrogens (tertiary/aromatic N) is 3. The summed E-state index contributed by atoms with van der Waals surface area (Å²) in [6.07, 6.45) is 1.92. The van der Waals surface area contributed by atoms with Gasteiger partial charge in [-0.2, -0.15) is 9.94 Å². The van der Waals surface area contributed by atoms with Crippen LogP contribution in [0.2, 0.25) is 0 Å². The van der Waals surface area contributed by atoms with Crippen molar-refractivity contribution >= 4 is 0 Å². The predicted molar refractivity (Wildman–Crippen MR) is 96.4 cm³/mol. The van der Waals surface area contributed by atoms with Crippen molar-refractivity contribution in [3.63, 3.8) is 0 Å². The average Bonchev–Trinajstić information content (AvgIpc) is 3.05. The van der Waals surface area contributed by atoms with Crippen LogP contribution < -0.4 is 10.5 Å². The molecule has 0 fully saturated rings. The zero-order valence-corrected chi connectivity index (χ0v) is 14.3. The summed E-state index contributed by atoms with van der Waals surface area (Å²) in [7, 11) is 0. The Hall–Kier alpha value is -3.33. The van der Waals surface area contributed by atoms with Gasteiger partial charge in [-0.15, -0.1) is 5.10 Å². The zero-order chi connectivity index (χ0) is 18.2. The molecule has 0 aliphatic heterocycles. The van der Waals surface area contributed by atoms with Gasteiger partial charge in [0.1, 0.15) is 12.4 Å². The number of unbranched alkanes of at least 4 members (excludes halogenated alkanes) is 2. The molecule has 2 aromatic carbocycles. The molecule has 0 aliphatic rings. The van der Waals surface area contributed by atoms with Crippen LogP contribution in [0.25, 0.3) is 11.5 Å². The van der Waals surface area contributed by atoms with Gasteiger partial charge in [-0.05, 0) is 42.7 Å². The molecule has 0 saturated heterocycles. The van der Waals surface area contributed by atoms with E-state index >= 15 is 0 Å². The summed E-state index contributed by atoms with van der Waals surface area (Å²) >= 11 is 0. The first-order chi connectivity index (χ1) is 12.8. The Kier molecular flexibility index (Phi) is 5.84. The number of nitriles is 1. The average molecular weight is 349 g/mol. The molecule has 6 heteroatoms. The van der Waals surface area contributed by atoms with Gasteiger partial charge < -0.3 is 9.15 Å². The van der Waals surface area contributed by atoms with Crippen molar-refractivity contribution in [1.29, 1.82) is 5.26 Å². The Balaban J connectivity index is 1.61. The SMILES string of the molecule is N#CCCCCn1nc(-c2ccc(OCc3ccccc3)cc2)oc1=O. The quantitative estimate of drug-likeness (QED) is 0.578. The number of ether oxygens (including phenoxy) is 1. The standard InChI is InChI=1S/C20H19N3O3/c21-13-5-2-6-14-23-20(24)26-19(22-23)17-9-11-18(12-10-17)25-15-16-7-3-1-4-8-16/h1,3-4,7-12H,2,5-6,14-15H2. The summed E-state index contributed by atoms with van der Waals surface area (Å²) in [6, 6.07) is 19.3. The molecule has 0 atom stereocenters. The maximum Gasteiger partial charge on any atom is 0.437 e. The Bertz CT molecular complexity index is 921. The Morgan fingerprint density at radius 3 is 2.58 bits per heavy atom.